The van der Waals surface area contributed by atoms with E-state index in [1.54, 1.807) is 4.90 Å². The van der Waals surface area contributed by atoms with Gasteiger partial charge in [-0.15, -0.1) is 0 Å². The highest BCUT2D eigenvalue weighted by atomic mass is 35.5. The molecule has 0 aliphatic carbocycles. The molecule has 0 aromatic heterocycles. The van der Waals surface area contributed by atoms with E-state index in [9.17, 15) is 4.79 Å². The first-order chi connectivity index (χ1) is 9.01. The van der Waals surface area contributed by atoms with E-state index in [1.807, 2.05) is 13.8 Å². The van der Waals surface area contributed by atoms with Crippen LogP contribution in [0.15, 0.2) is 18.2 Å². The van der Waals surface area contributed by atoms with Crippen LogP contribution in [-0.4, -0.2) is 41.1 Å². The number of amides is 1. The third kappa shape index (κ3) is 4.23. The van der Waals surface area contributed by atoms with Crippen LogP contribution in [0.5, 0.6) is 0 Å². The minimum absolute atomic E-state index is 0.118. The molecule has 2 N–H and O–H groups in total. The molecule has 19 heavy (non-hydrogen) atoms. The Morgan fingerprint density at radius 2 is 1.84 bits per heavy atom. The van der Waals surface area contributed by atoms with E-state index in [2.05, 4.69) is 0 Å². The lowest BCUT2D eigenvalue weighted by Crippen LogP contribution is -2.34. The molecule has 0 fully saturated rings. The summed E-state index contributed by atoms with van der Waals surface area (Å²) in [6.45, 7) is 5.41. The van der Waals surface area contributed by atoms with Gasteiger partial charge >= 0.3 is 7.12 Å². The fraction of sp³-hybridized carbons (Fsp3) is 0.462. The molecular weight excluding hydrogens is 264 g/mol. The van der Waals surface area contributed by atoms with Crippen molar-refractivity contribution in [3.63, 3.8) is 0 Å². The zero-order chi connectivity index (χ0) is 14.4. The Balaban J connectivity index is 2.97. The van der Waals surface area contributed by atoms with E-state index in [0.717, 1.165) is 12.8 Å². The van der Waals surface area contributed by atoms with Crippen LogP contribution >= 0.6 is 11.6 Å². The Bertz CT molecular complexity index is 434. The first kappa shape index (κ1) is 16.0. The lowest BCUT2D eigenvalue weighted by atomic mass is 9.80. The molecule has 6 heteroatoms. The van der Waals surface area contributed by atoms with Gasteiger partial charge in [-0.1, -0.05) is 31.5 Å². The SMILES string of the molecule is CCCN(CCC)C(=O)c1ccc(B(O)O)cc1Cl. The Morgan fingerprint density at radius 1 is 1.26 bits per heavy atom. The van der Waals surface area contributed by atoms with Gasteiger partial charge in [-0.2, -0.15) is 0 Å². The van der Waals surface area contributed by atoms with Gasteiger partial charge in [0.1, 0.15) is 0 Å². The predicted molar refractivity (Wildman–Crippen MR) is 77.8 cm³/mol. The molecule has 0 saturated carbocycles. The summed E-state index contributed by atoms with van der Waals surface area (Å²) in [6.07, 6.45) is 1.77. The number of hydrogen-bond acceptors (Lipinski definition) is 3. The highest BCUT2D eigenvalue weighted by molar-refractivity contribution is 6.59. The van der Waals surface area contributed by atoms with Gasteiger partial charge in [0.2, 0.25) is 0 Å². The van der Waals surface area contributed by atoms with E-state index in [-0.39, 0.29) is 16.4 Å². The molecule has 0 atom stereocenters. The molecule has 0 unspecified atom stereocenters. The third-order valence-corrected chi connectivity index (χ3v) is 3.11. The fourth-order valence-electron chi connectivity index (χ4n) is 1.89. The van der Waals surface area contributed by atoms with Crippen molar-refractivity contribution in [2.45, 2.75) is 26.7 Å². The van der Waals surface area contributed by atoms with Crippen LogP contribution in [0.3, 0.4) is 0 Å². The van der Waals surface area contributed by atoms with Crippen molar-refractivity contribution in [1.29, 1.82) is 0 Å². The molecule has 0 radical (unpaired) electrons. The second-order valence-corrected chi connectivity index (χ2v) is 4.81. The summed E-state index contributed by atoms with van der Waals surface area (Å²) in [6, 6.07) is 4.45. The van der Waals surface area contributed by atoms with Crippen LogP contribution in [0.1, 0.15) is 37.0 Å². The first-order valence-electron chi connectivity index (χ1n) is 6.46. The van der Waals surface area contributed by atoms with Crippen LogP contribution in [0.4, 0.5) is 0 Å². The normalized spacial score (nSPS) is 10.4. The number of benzene rings is 1. The number of carbonyl (C=O) groups is 1. The Morgan fingerprint density at radius 3 is 2.26 bits per heavy atom. The van der Waals surface area contributed by atoms with Gasteiger partial charge in [0, 0.05) is 13.1 Å². The van der Waals surface area contributed by atoms with Crippen molar-refractivity contribution in [1.82, 2.24) is 4.90 Å². The summed E-state index contributed by atoms with van der Waals surface area (Å²) in [4.78, 5) is 14.1. The van der Waals surface area contributed by atoms with Crippen molar-refractivity contribution >= 4 is 30.1 Å². The molecule has 104 valence electrons. The fourth-order valence-corrected chi connectivity index (χ4v) is 2.16. The summed E-state index contributed by atoms with van der Waals surface area (Å²) in [5.74, 6) is -0.118. The lowest BCUT2D eigenvalue weighted by molar-refractivity contribution is 0.0755. The van der Waals surface area contributed by atoms with Gasteiger partial charge in [0.15, 0.2) is 0 Å². The molecule has 1 rings (SSSR count). The summed E-state index contributed by atoms with van der Waals surface area (Å²) in [5.41, 5.74) is 0.673. The van der Waals surface area contributed by atoms with E-state index in [1.165, 1.54) is 18.2 Å². The van der Waals surface area contributed by atoms with E-state index in [0.29, 0.717) is 18.7 Å². The monoisotopic (exact) mass is 283 g/mol. The maximum absolute atomic E-state index is 12.3. The predicted octanol–water partition coefficient (Wildman–Crippen LogP) is 1.28. The first-order valence-corrected chi connectivity index (χ1v) is 6.83. The molecule has 0 bridgehead atoms. The summed E-state index contributed by atoms with van der Waals surface area (Å²) >= 11 is 6.04. The van der Waals surface area contributed by atoms with Gasteiger partial charge in [0.05, 0.1) is 10.6 Å². The quantitative estimate of drug-likeness (QED) is 0.773. The topological polar surface area (TPSA) is 60.8 Å². The second kappa shape index (κ2) is 7.53. The standard InChI is InChI=1S/C13H19BClNO3/c1-3-7-16(8-4-2)13(17)11-6-5-10(14(18)19)9-12(11)15/h5-6,9,18-19H,3-4,7-8H2,1-2H3. The summed E-state index contributed by atoms with van der Waals surface area (Å²) in [7, 11) is -1.58. The van der Waals surface area contributed by atoms with Gasteiger partial charge < -0.3 is 14.9 Å². The molecule has 0 heterocycles. The summed E-state index contributed by atoms with van der Waals surface area (Å²) < 4.78 is 0. The number of hydrogen-bond donors (Lipinski definition) is 2. The Kier molecular flexibility index (Phi) is 6.35. The number of halogens is 1. The van der Waals surface area contributed by atoms with Crippen molar-refractivity contribution in [3.8, 4) is 0 Å². The zero-order valence-electron chi connectivity index (χ0n) is 11.3. The lowest BCUT2D eigenvalue weighted by Gasteiger charge is -2.22. The van der Waals surface area contributed by atoms with Gasteiger partial charge in [0.25, 0.3) is 5.91 Å². The molecule has 0 aliphatic rings. The van der Waals surface area contributed by atoms with Crippen molar-refractivity contribution in [2.24, 2.45) is 0 Å². The number of nitrogens with zero attached hydrogens (tertiary/aromatic N) is 1. The Labute approximate surface area is 119 Å². The second-order valence-electron chi connectivity index (χ2n) is 4.41. The molecule has 1 aromatic rings. The van der Waals surface area contributed by atoms with Gasteiger partial charge in [-0.05, 0) is 30.4 Å². The minimum Gasteiger partial charge on any atom is -0.423 e. The average Bonchev–Trinajstić information content (AvgIpc) is 2.37. The largest absolute Gasteiger partial charge is 0.488 e. The van der Waals surface area contributed by atoms with Crippen LogP contribution in [0, 0.1) is 0 Å². The maximum Gasteiger partial charge on any atom is 0.488 e. The van der Waals surface area contributed by atoms with Gasteiger partial charge in [-0.3, -0.25) is 4.79 Å². The zero-order valence-corrected chi connectivity index (χ0v) is 12.0. The summed E-state index contributed by atoms with van der Waals surface area (Å²) in [5, 5.41) is 18.4. The molecular formula is C13H19BClNO3. The van der Waals surface area contributed by atoms with Crippen LogP contribution < -0.4 is 5.46 Å². The number of carbonyl (C=O) groups excluding carboxylic acids is 1. The van der Waals surface area contributed by atoms with Crippen molar-refractivity contribution in [2.75, 3.05) is 13.1 Å². The molecule has 0 aliphatic heterocycles. The van der Waals surface area contributed by atoms with Crippen LogP contribution in [0.25, 0.3) is 0 Å². The van der Waals surface area contributed by atoms with Crippen LogP contribution in [0.2, 0.25) is 5.02 Å². The van der Waals surface area contributed by atoms with Crippen molar-refractivity contribution < 1.29 is 14.8 Å². The smallest absolute Gasteiger partial charge is 0.423 e. The molecule has 0 spiro atoms. The van der Waals surface area contributed by atoms with E-state index >= 15 is 0 Å². The number of rotatable bonds is 6. The highest BCUT2D eigenvalue weighted by Gasteiger charge is 2.19. The Hall–Kier alpha value is -1.04. The van der Waals surface area contributed by atoms with E-state index < -0.39 is 7.12 Å². The highest BCUT2D eigenvalue weighted by Crippen LogP contribution is 2.17. The molecule has 0 saturated heterocycles. The van der Waals surface area contributed by atoms with Crippen molar-refractivity contribution in [3.05, 3.63) is 28.8 Å². The molecule has 4 nitrogen and oxygen atoms in total. The third-order valence-electron chi connectivity index (χ3n) is 2.80. The average molecular weight is 284 g/mol. The molecule has 1 aromatic carbocycles. The van der Waals surface area contributed by atoms with E-state index in [4.69, 9.17) is 21.6 Å². The van der Waals surface area contributed by atoms with Crippen LogP contribution in [-0.2, 0) is 0 Å². The minimum atomic E-state index is -1.58. The maximum atomic E-state index is 12.3. The van der Waals surface area contributed by atoms with Gasteiger partial charge in [-0.25, -0.2) is 0 Å². The molecule has 1 amide bonds.